The van der Waals surface area contributed by atoms with Crippen LogP contribution in [0.5, 0.6) is 0 Å². The number of hydrogen-bond donors (Lipinski definition) is 0. The first-order valence-electron chi connectivity index (χ1n) is 9.20. The summed E-state index contributed by atoms with van der Waals surface area (Å²) < 4.78 is 18.0. The van der Waals surface area contributed by atoms with Crippen LogP contribution in [0.15, 0.2) is 77.6 Å². The van der Waals surface area contributed by atoms with Crippen LogP contribution < -0.4 is 5.56 Å². The fourth-order valence-corrected chi connectivity index (χ4v) is 5.31. The zero-order valence-corrected chi connectivity index (χ0v) is 17.9. The fraction of sp³-hybridized carbons (Fsp3) is 0.0435. The molecule has 0 unspecified atom stereocenters. The first kappa shape index (κ1) is 19.2. The van der Waals surface area contributed by atoms with Crippen molar-refractivity contribution >= 4 is 51.7 Å². The van der Waals surface area contributed by atoms with E-state index in [2.05, 4.69) is 0 Å². The molecule has 0 N–H and O–H groups in total. The lowest BCUT2D eigenvalue weighted by Gasteiger charge is -2.13. The molecule has 0 saturated carbocycles. The molecule has 30 heavy (non-hydrogen) atoms. The van der Waals surface area contributed by atoms with E-state index in [1.807, 2.05) is 40.8 Å². The molecule has 2 heterocycles. The number of hydrogen-bond acceptors (Lipinski definition) is 3. The highest BCUT2D eigenvalue weighted by Gasteiger charge is 2.18. The summed E-state index contributed by atoms with van der Waals surface area (Å²) in [6.07, 6.45) is 0. The topological polar surface area (TPSA) is 26.4 Å². The Morgan fingerprint density at radius 3 is 2.60 bits per heavy atom. The molecule has 0 aliphatic carbocycles. The zero-order valence-electron chi connectivity index (χ0n) is 15.5. The van der Waals surface area contributed by atoms with Gasteiger partial charge in [-0.25, -0.2) is 4.39 Å². The third-order valence-corrected chi connectivity index (χ3v) is 6.63. The van der Waals surface area contributed by atoms with Crippen molar-refractivity contribution in [3.63, 3.8) is 0 Å². The third kappa shape index (κ3) is 3.17. The highest BCUT2D eigenvalue weighted by molar-refractivity contribution is 7.73. The number of para-hydroxylation sites is 1. The molecular formula is C23H14ClFN2OS2. The lowest BCUT2D eigenvalue weighted by atomic mass is 10.1. The molecule has 0 atom stereocenters. The van der Waals surface area contributed by atoms with Crippen molar-refractivity contribution in [1.29, 1.82) is 0 Å². The Labute approximate surface area is 185 Å². The van der Waals surface area contributed by atoms with Gasteiger partial charge in [-0.05, 0) is 59.7 Å². The highest BCUT2D eigenvalue weighted by Crippen LogP contribution is 2.34. The van der Waals surface area contributed by atoms with E-state index in [1.165, 1.54) is 23.5 Å². The molecule has 5 aromatic rings. The molecule has 0 fully saturated rings. The summed E-state index contributed by atoms with van der Waals surface area (Å²) in [6.45, 7) is 0.226. The van der Waals surface area contributed by atoms with Gasteiger partial charge in [0.05, 0.1) is 22.3 Å². The maximum Gasteiger partial charge on any atom is 0.261 e. The lowest BCUT2D eigenvalue weighted by molar-refractivity contribution is 0.623. The van der Waals surface area contributed by atoms with E-state index in [9.17, 15) is 9.18 Å². The Balaban J connectivity index is 1.92. The first-order chi connectivity index (χ1) is 14.5. The number of halogens is 2. The normalized spacial score (nSPS) is 11.4. The first-order valence-corrected chi connectivity index (χ1v) is 10.8. The second-order valence-corrected chi connectivity index (χ2v) is 8.99. The van der Waals surface area contributed by atoms with E-state index in [4.69, 9.17) is 23.8 Å². The largest absolute Gasteiger partial charge is 0.288 e. The Bertz CT molecular complexity index is 1550. The van der Waals surface area contributed by atoms with Gasteiger partial charge in [0.1, 0.15) is 11.5 Å². The molecule has 5 rings (SSSR count). The summed E-state index contributed by atoms with van der Waals surface area (Å²) in [5, 5.41) is 1.16. The molecule has 0 bridgehead atoms. The number of aromatic nitrogens is 2. The van der Waals surface area contributed by atoms with Gasteiger partial charge < -0.3 is 0 Å². The maximum absolute atomic E-state index is 13.8. The second kappa shape index (κ2) is 7.47. The number of fused-ring (bicyclic) bond motifs is 3. The standard InChI is InChI=1S/C23H14ClFN2OS2/c24-16-7-4-6-15(12-16)20-21-26(13-14-5-3-8-17(25)11-14)22(28)18-9-1-2-10-19(18)27(21)23(29)30-20/h1-12H,13H2. The summed E-state index contributed by atoms with van der Waals surface area (Å²) in [6, 6.07) is 21.1. The van der Waals surface area contributed by atoms with Crippen LogP contribution in [0, 0.1) is 9.77 Å². The van der Waals surface area contributed by atoms with Crippen LogP contribution in [0.1, 0.15) is 5.56 Å². The van der Waals surface area contributed by atoms with E-state index in [1.54, 1.807) is 28.8 Å². The van der Waals surface area contributed by atoms with Gasteiger partial charge >= 0.3 is 0 Å². The maximum atomic E-state index is 13.8. The molecular weight excluding hydrogens is 439 g/mol. The molecule has 7 heteroatoms. The van der Waals surface area contributed by atoms with Crippen LogP contribution in [-0.4, -0.2) is 8.97 Å². The van der Waals surface area contributed by atoms with Gasteiger partial charge in [-0.15, -0.1) is 11.3 Å². The van der Waals surface area contributed by atoms with Crippen molar-refractivity contribution in [2.24, 2.45) is 0 Å². The number of rotatable bonds is 3. The molecule has 0 spiro atoms. The van der Waals surface area contributed by atoms with Crippen molar-refractivity contribution in [2.75, 3.05) is 0 Å². The molecule has 0 amide bonds. The van der Waals surface area contributed by atoms with E-state index in [-0.39, 0.29) is 17.9 Å². The summed E-state index contributed by atoms with van der Waals surface area (Å²) in [7, 11) is 0. The molecule has 148 valence electrons. The third-order valence-electron chi connectivity index (χ3n) is 4.98. The van der Waals surface area contributed by atoms with Gasteiger partial charge in [0.2, 0.25) is 0 Å². The van der Waals surface area contributed by atoms with Gasteiger partial charge in [0.25, 0.3) is 5.56 Å². The molecule has 2 aromatic heterocycles. The van der Waals surface area contributed by atoms with Crippen LogP contribution in [0.2, 0.25) is 5.02 Å². The van der Waals surface area contributed by atoms with Gasteiger partial charge in [-0.2, -0.15) is 0 Å². The van der Waals surface area contributed by atoms with Crippen molar-refractivity contribution in [3.8, 4) is 10.4 Å². The predicted molar refractivity (Wildman–Crippen MR) is 124 cm³/mol. The average Bonchev–Trinajstić information content (AvgIpc) is 3.08. The molecule has 3 nitrogen and oxygen atoms in total. The summed E-state index contributed by atoms with van der Waals surface area (Å²) in [5.74, 6) is -0.338. The van der Waals surface area contributed by atoms with E-state index < -0.39 is 0 Å². The van der Waals surface area contributed by atoms with E-state index in [0.29, 0.717) is 25.6 Å². The Hall–Kier alpha value is -2.80. The van der Waals surface area contributed by atoms with Crippen LogP contribution in [0.25, 0.3) is 27.0 Å². The van der Waals surface area contributed by atoms with Crippen molar-refractivity contribution in [3.05, 3.63) is 104 Å². The van der Waals surface area contributed by atoms with Crippen LogP contribution >= 0.6 is 35.2 Å². The van der Waals surface area contributed by atoms with E-state index in [0.717, 1.165) is 16.0 Å². The summed E-state index contributed by atoms with van der Waals surface area (Å²) in [4.78, 5) is 14.3. The van der Waals surface area contributed by atoms with Crippen LogP contribution in [0.3, 0.4) is 0 Å². The average molecular weight is 453 g/mol. The monoisotopic (exact) mass is 452 g/mol. The Kier molecular flexibility index (Phi) is 4.77. The quantitative estimate of drug-likeness (QED) is 0.290. The number of thiazole rings is 1. The lowest BCUT2D eigenvalue weighted by Crippen LogP contribution is -2.23. The highest BCUT2D eigenvalue weighted by atomic mass is 35.5. The van der Waals surface area contributed by atoms with Crippen molar-refractivity contribution < 1.29 is 4.39 Å². The van der Waals surface area contributed by atoms with E-state index >= 15 is 0 Å². The predicted octanol–water partition coefficient (Wildman–Crippen LogP) is 6.55. The summed E-state index contributed by atoms with van der Waals surface area (Å²) >= 11 is 13.4. The number of nitrogens with zero attached hydrogens (tertiary/aromatic N) is 2. The number of benzene rings is 3. The van der Waals surface area contributed by atoms with Crippen molar-refractivity contribution in [1.82, 2.24) is 8.97 Å². The summed E-state index contributed by atoms with van der Waals surface area (Å²) in [5.41, 5.74) is 2.86. The van der Waals surface area contributed by atoms with Crippen LogP contribution in [0.4, 0.5) is 4.39 Å². The zero-order chi connectivity index (χ0) is 20.8. The van der Waals surface area contributed by atoms with Gasteiger partial charge in [0.15, 0.2) is 3.95 Å². The van der Waals surface area contributed by atoms with Gasteiger partial charge in [-0.1, -0.05) is 48.0 Å². The molecule has 3 aromatic carbocycles. The fourth-order valence-electron chi connectivity index (χ4n) is 3.70. The molecule has 0 aliphatic heterocycles. The van der Waals surface area contributed by atoms with Crippen molar-refractivity contribution in [2.45, 2.75) is 6.54 Å². The SMILES string of the molecule is O=c1c2ccccc2n2c(=S)sc(-c3cccc(Cl)c3)c2n1Cc1cccc(F)c1. The van der Waals surface area contributed by atoms with Gasteiger partial charge in [-0.3, -0.25) is 13.8 Å². The van der Waals surface area contributed by atoms with Crippen LogP contribution in [-0.2, 0) is 6.54 Å². The second-order valence-electron chi connectivity index (χ2n) is 6.90. The minimum atomic E-state index is -0.338. The molecule has 0 saturated heterocycles. The van der Waals surface area contributed by atoms with Gasteiger partial charge in [0, 0.05) is 5.02 Å². The molecule has 0 radical (unpaired) electrons. The Morgan fingerprint density at radius 1 is 1.00 bits per heavy atom. The minimum absolute atomic E-state index is 0.147. The Morgan fingerprint density at radius 2 is 1.80 bits per heavy atom. The minimum Gasteiger partial charge on any atom is -0.288 e. The molecule has 0 aliphatic rings. The smallest absolute Gasteiger partial charge is 0.261 e.